The van der Waals surface area contributed by atoms with Gasteiger partial charge < -0.3 is 19.9 Å². The third-order valence-corrected chi connectivity index (χ3v) is 2.53. The number of aliphatic carboxylic acids is 1. The highest BCUT2D eigenvalue weighted by Crippen LogP contribution is 2.12. The summed E-state index contributed by atoms with van der Waals surface area (Å²) in [6.45, 7) is 2.53. The van der Waals surface area contributed by atoms with Crippen molar-refractivity contribution in [3.8, 4) is 5.75 Å². The average Bonchev–Trinajstić information content (AvgIpc) is 2.45. The molecule has 0 aliphatic carbocycles. The van der Waals surface area contributed by atoms with Gasteiger partial charge in [-0.25, -0.2) is 4.79 Å². The van der Waals surface area contributed by atoms with E-state index < -0.39 is 17.9 Å². The summed E-state index contributed by atoms with van der Waals surface area (Å²) in [5, 5.41) is 11.3. The van der Waals surface area contributed by atoms with Gasteiger partial charge in [0.25, 0.3) is 5.91 Å². The Balaban J connectivity index is 2.64. The number of benzene rings is 1. The number of carbonyl (C=O) groups excluding carboxylic acids is 1. The zero-order valence-electron chi connectivity index (χ0n) is 11.6. The van der Waals surface area contributed by atoms with E-state index in [1.807, 2.05) is 6.92 Å². The lowest BCUT2D eigenvalue weighted by Gasteiger charge is -2.13. The van der Waals surface area contributed by atoms with Crippen LogP contribution in [0.1, 0.15) is 23.7 Å². The summed E-state index contributed by atoms with van der Waals surface area (Å²) < 4.78 is 10.2. The van der Waals surface area contributed by atoms with Crippen LogP contribution in [0, 0.1) is 0 Å². The van der Waals surface area contributed by atoms with Crippen molar-refractivity contribution in [1.82, 2.24) is 5.32 Å². The molecule has 2 N–H and O–H groups in total. The van der Waals surface area contributed by atoms with Crippen LogP contribution >= 0.6 is 0 Å². The first-order valence-corrected chi connectivity index (χ1v) is 6.34. The maximum Gasteiger partial charge on any atom is 0.328 e. The number of methoxy groups -OCH3 is 1. The van der Waals surface area contributed by atoms with E-state index in [4.69, 9.17) is 14.6 Å². The molecular weight excluding hydrogens is 262 g/mol. The van der Waals surface area contributed by atoms with Crippen LogP contribution in [0.4, 0.5) is 0 Å². The Labute approximate surface area is 117 Å². The second-order valence-electron chi connectivity index (χ2n) is 4.19. The number of amides is 1. The first-order chi connectivity index (χ1) is 9.58. The van der Waals surface area contributed by atoms with Crippen LogP contribution in [0.25, 0.3) is 0 Å². The third-order valence-electron chi connectivity index (χ3n) is 2.53. The van der Waals surface area contributed by atoms with Gasteiger partial charge in [0.1, 0.15) is 5.75 Å². The SMILES string of the molecule is CCCOc1ccc(C(=O)NC(COC)C(=O)O)cc1. The highest BCUT2D eigenvalue weighted by Gasteiger charge is 2.20. The van der Waals surface area contributed by atoms with E-state index >= 15 is 0 Å². The average molecular weight is 281 g/mol. The van der Waals surface area contributed by atoms with Gasteiger partial charge in [0.15, 0.2) is 6.04 Å². The third kappa shape index (κ3) is 4.89. The first kappa shape index (κ1) is 16.0. The minimum atomic E-state index is -1.14. The molecule has 6 nitrogen and oxygen atoms in total. The van der Waals surface area contributed by atoms with Gasteiger partial charge in [-0.05, 0) is 30.7 Å². The van der Waals surface area contributed by atoms with Gasteiger partial charge in [-0.1, -0.05) is 6.92 Å². The number of carboxylic acid groups (broad SMARTS) is 1. The summed E-state index contributed by atoms with van der Waals surface area (Å²) in [6.07, 6.45) is 0.902. The molecule has 0 aromatic heterocycles. The van der Waals surface area contributed by atoms with Crippen LogP contribution in [0.15, 0.2) is 24.3 Å². The van der Waals surface area contributed by atoms with Crippen LogP contribution < -0.4 is 10.1 Å². The molecule has 1 aromatic carbocycles. The van der Waals surface area contributed by atoms with E-state index in [2.05, 4.69) is 5.32 Å². The summed E-state index contributed by atoms with van der Waals surface area (Å²) >= 11 is 0. The fourth-order valence-corrected chi connectivity index (χ4v) is 1.51. The summed E-state index contributed by atoms with van der Waals surface area (Å²) in [4.78, 5) is 22.8. The van der Waals surface area contributed by atoms with Crippen LogP contribution in [-0.4, -0.2) is 43.3 Å². The minimum Gasteiger partial charge on any atom is -0.494 e. The molecule has 1 aromatic rings. The predicted molar refractivity (Wildman–Crippen MR) is 73.0 cm³/mol. The Morgan fingerprint density at radius 1 is 1.30 bits per heavy atom. The number of hydrogen-bond acceptors (Lipinski definition) is 4. The Hall–Kier alpha value is -2.08. The number of nitrogens with one attached hydrogen (secondary N) is 1. The van der Waals surface area contributed by atoms with Crippen molar-refractivity contribution < 1.29 is 24.2 Å². The molecule has 0 fully saturated rings. The van der Waals surface area contributed by atoms with Gasteiger partial charge in [-0.15, -0.1) is 0 Å². The molecule has 0 aliphatic heterocycles. The van der Waals surface area contributed by atoms with E-state index in [-0.39, 0.29) is 6.61 Å². The van der Waals surface area contributed by atoms with Crippen molar-refractivity contribution >= 4 is 11.9 Å². The van der Waals surface area contributed by atoms with Crippen LogP contribution in [0.2, 0.25) is 0 Å². The number of ether oxygens (including phenoxy) is 2. The van der Waals surface area contributed by atoms with Crippen molar-refractivity contribution in [3.63, 3.8) is 0 Å². The van der Waals surface area contributed by atoms with E-state index in [9.17, 15) is 9.59 Å². The molecule has 0 radical (unpaired) electrons. The van der Waals surface area contributed by atoms with E-state index in [1.54, 1.807) is 24.3 Å². The topological polar surface area (TPSA) is 84.9 Å². The molecule has 0 saturated heterocycles. The highest BCUT2D eigenvalue weighted by molar-refractivity contribution is 5.96. The molecule has 110 valence electrons. The Morgan fingerprint density at radius 3 is 2.45 bits per heavy atom. The Morgan fingerprint density at radius 2 is 1.95 bits per heavy atom. The Kier molecular flexibility index (Phi) is 6.52. The molecule has 20 heavy (non-hydrogen) atoms. The normalized spacial score (nSPS) is 11.7. The van der Waals surface area contributed by atoms with Gasteiger partial charge in [0, 0.05) is 12.7 Å². The zero-order chi connectivity index (χ0) is 15.0. The molecule has 0 spiro atoms. The molecule has 0 bridgehead atoms. The molecule has 0 saturated carbocycles. The summed E-state index contributed by atoms with van der Waals surface area (Å²) in [7, 11) is 1.38. The minimum absolute atomic E-state index is 0.0846. The zero-order valence-corrected chi connectivity index (χ0v) is 11.6. The van der Waals surface area contributed by atoms with Gasteiger partial charge in [0.2, 0.25) is 0 Å². The lowest BCUT2D eigenvalue weighted by molar-refractivity contribution is -0.140. The number of hydrogen-bond donors (Lipinski definition) is 2. The molecule has 1 rings (SSSR count). The fraction of sp³-hybridized carbons (Fsp3) is 0.429. The second-order valence-corrected chi connectivity index (χ2v) is 4.19. The van der Waals surface area contributed by atoms with Crippen LogP contribution in [0.3, 0.4) is 0 Å². The molecule has 0 aliphatic rings. The van der Waals surface area contributed by atoms with E-state index in [0.717, 1.165) is 6.42 Å². The van der Waals surface area contributed by atoms with Crippen molar-refractivity contribution in [2.24, 2.45) is 0 Å². The van der Waals surface area contributed by atoms with Crippen LogP contribution in [0.5, 0.6) is 5.75 Å². The van der Waals surface area contributed by atoms with Gasteiger partial charge in [-0.3, -0.25) is 4.79 Å². The fourth-order valence-electron chi connectivity index (χ4n) is 1.51. The number of carbonyl (C=O) groups is 2. The summed E-state index contributed by atoms with van der Waals surface area (Å²) in [5.74, 6) is -0.922. The van der Waals surface area contributed by atoms with Crippen molar-refractivity contribution in [2.75, 3.05) is 20.3 Å². The predicted octanol–water partition coefficient (Wildman–Crippen LogP) is 1.30. The van der Waals surface area contributed by atoms with Gasteiger partial charge >= 0.3 is 5.97 Å². The second kappa shape index (κ2) is 8.16. The molecule has 1 unspecified atom stereocenters. The maximum absolute atomic E-state index is 11.9. The lowest BCUT2D eigenvalue weighted by Crippen LogP contribution is -2.43. The number of rotatable bonds is 8. The van der Waals surface area contributed by atoms with Gasteiger partial charge in [-0.2, -0.15) is 0 Å². The van der Waals surface area contributed by atoms with E-state index in [0.29, 0.717) is 17.9 Å². The summed E-state index contributed by atoms with van der Waals surface area (Å²) in [6, 6.07) is 5.47. The highest BCUT2D eigenvalue weighted by atomic mass is 16.5. The standard InChI is InChI=1S/C14H19NO5/c1-3-8-20-11-6-4-10(5-7-11)13(16)15-12(9-19-2)14(17)18/h4-7,12H,3,8-9H2,1-2H3,(H,15,16)(H,17,18). The first-order valence-electron chi connectivity index (χ1n) is 6.34. The lowest BCUT2D eigenvalue weighted by atomic mass is 10.2. The molecule has 6 heteroatoms. The Bertz CT molecular complexity index is 443. The smallest absolute Gasteiger partial charge is 0.328 e. The summed E-state index contributed by atoms with van der Waals surface area (Å²) in [5.41, 5.74) is 0.371. The van der Waals surface area contributed by atoms with Crippen LogP contribution in [-0.2, 0) is 9.53 Å². The molecule has 0 heterocycles. The van der Waals surface area contributed by atoms with E-state index in [1.165, 1.54) is 7.11 Å². The van der Waals surface area contributed by atoms with Crippen molar-refractivity contribution in [1.29, 1.82) is 0 Å². The number of carboxylic acids is 1. The quantitative estimate of drug-likeness (QED) is 0.750. The monoisotopic (exact) mass is 281 g/mol. The van der Waals surface area contributed by atoms with Crippen molar-refractivity contribution in [2.45, 2.75) is 19.4 Å². The van der Waals surface area contributed by atoms with Crippen molar-refractivity contribution in [3.05, 3.63) is 29.8 Å². The maximum atomic E-state index is 11.9. The largest absolute Gasteiger partial charge is 0.494 e. The molecular formula is C14H19NO5. The molecule has 1 amide bonds. The molecule has 1 atom stereocenters. The van der Waals surface area contributed by atoms with Gasteiger partial charge in [0.05, 0.1) is 13.2 Å².